The molecule has 0 aliphatic carbocycles. The van der Waals surface area contributed by atoms with E-state index >= 15 is 0 Å². The zero-order valence-corrected chi connectivity index (χ0v) is 11.1. The number of likely N-dealkylation sites (tertiary alicyclic amines) is 1. The second-order valence-corrected chi connectivity index (χ2v) is 5.31. The molecule has 1 aromatic carbocycles. The van der Waals surface area contributed by atoms with Crippen molar-refractivity contribution in [1.82, 2.24) is 4.90 Å². The Morgan fingerprint density at radius 2 is 2.06 bits per heavy atom. The van der Waals surface area contributed by atoms with E-state index in [0.717, 1.165) is 43.0 Å². The van der Waals surface area contributed by atoms with Gasteiger partial charge < -0.3 is 5.11 Å². The Morgan fingerprint density at radius 1 is 1.39 bits per heavy atom. The average Bonchev–Trinajstić information content (AvgIpc) is 2.37. The predicted octanol–water partition coefficient (Wildman–Crippen LogP) is 3.00. The normalized spacial score (nSPS) is 19.4. The Bertz CT molecular complexity index is 456. The highest BCUT2D eigenvalue weighted by atomic mass is 16.3. The second-order valence-electron chi connectivity index (χ2n) is 5.31. The quantitative estimate of drug-likeness (QED) is 0.870. The second kappa shape index (κ2) is 5.41. The highest BCUT2D eigenvalue weighted by Gasteiger charge is 2.26. The number of aryl methyl sites for hydroxylation is 1. The minimum atomic E-state index is -0.322. The first-order valence-electron chi connectivity index (χ1n) is 6.55. The van der Waals surface area contributed by atoms with Crippen molar-refractivity contribution < 1.29 is 5.11 Å². The molecular weight excluding hydrogens is 224 g/mol. The van der Waals surface area contributed by atoms with E-state index in [2.05, 4.69) is 17.9 Å². The van der Waals surface area contributed by atoms with Gasteiger partial charge in [-0.25, -0.2) is 0 Å². The molecule has 1 fully saturated rings. The Morgan fingerprint density at radius 3 is 2.67 bits per heavy atom. The molecule has 0 spiro atoms. The van der Waals surface area contributed by atoms with Crippen LogP contribution in [-0.2, 0) is 0 Å². The van der Waals surface area contributed by atoms with E-state index in [0.29, 0.717) is 0 Å². The Kier molecular flexibility index (Phi) is 3.88. The van der Waals surface area contributed by atoms with E-state index in [1.54, 1.807) is 6.07 Å². The first-order chi connectivity index (χ1) is 8.61. The van der Waals surface area contributed by atoms with E-state index in [1.807, 2.05) is 19.1 Å². The number of phenols is 1. The van der Waals surface area contributed by atoms with Gasteiger partial charge >= 0.3 is 0 Å². The fraction of sp³-hybridized carbons (Fsp3) is 0.533. The van der Waals surface area contributed by atoms with Crippen LogP contribution in [0.15, 0.2) is 18.2 Å². The fourth-order valence-electron chi connectivity index (χ4n) is 2.53. The van der Waals surface area contributed by atoms with Crippen LogP contribution in [-0.4, -0.2) is 23.1 Å². The maximum absolute atomic E-state index is 9.94. The first-order valence-corrected chi connectivity index (χ1v) is 6.55. The monoisotopic (exact) mass is 244 g/mol. The zero-order valence-electron chi connectivity index (χ0n) is 11.1. The van der Waals surface area contributed by atoms with Crippen molar-refractivity contribution in [3.8, 4) is 11.8 Å². The average molecular weight is 244 g/mol. The molecule has 1 aromatic rings. The number of phenolic OH excluding ortho intramolecular Hbond substituents is 1. The van der Waals surface area contributed by atoms with Gasteiger partial charge in [-0.3, -0.25) is 4.90 Å². The van der Waals surface area contributed by atoms with Crippen LogP contribution in [0.25, 0.3) is 0 Å². The predicted molar refractivity (Wildman–Crippen MR) is 71.2 cm³/mol. The molecule has 1 aliphatic heterocycles. The maximum Gasteiger partial charge on any atom is 0.127 e. The summed E-state index contributed by atoms with van der Waals surface area (Å²) >= 11 is 0. The number of nitrogens with zero attached hydrogens (tertiary/aromatic N) is 2. The van der Waals surface area contributed by atoms with E-state index in [-0.39, 0.29) is 11.8 Å². The number of hydrogen-bond donors (Lipinski definition) is 1. The van der Waals surface area contributed by atoms with E-state index in [9.17, 15) is 10.4 Å². The molecule has 3 heteroatoms. The molecule has 1 N–H and O–H groups in total. The van der Waals surface area contributed by atoms with Crippen LogP contribution in [0.1, 0.15) is 36.9 Å². The molecule has 1 saturated heterocycles. The summed E-state index contributed by atoms with van der Waals surface area (Å²) in [7, 11) is 0. The van der Waals surface area contributed by atoms with Crippen molar-refractivity contribution in [1.29, 1.82) is 5.26 Å². The molecule has 1 unspecified atom stereocenters. The SMILES string of the molecule is Cc1ccc(O)c(C(C#N)N2CCC(C)CC2)c1. The lowest BCUT2D eigenvalue weighted by atomic mass is 9.95. The number of nitriles is 1. The summed E-state index contributed by atoms with van der Waals surface area (Å²) < 4.78 is 0. The lowest BCUT2D eigenvalue weighted by Crippen LogP contribution is -2.35. The van der Waals surface area contributed by atoms with Gasteiger partial charge in [-0.2, -0.15) is 5.26 Å². The molecule has 3 nitrogen and oxygen atoms in total. The summed E-state index contributed by atoms with van der Waals surface area (Å²) in [6.07, 6.45) is 2.26. The highest BCUT2D eigenvalue weighted by Crippen LogP contribution is 2.31. The number of rotatable bonds is 2. The molecule has 0 aromatic heterocycles. The molecule has 0 saturated carbocycles. The van der Waals surface area contributed by atoms with Crippen LogP contribution < -0.4 is 0 Å². The number of benzene rings is 1. The maximum atomic E-state index is 9.94. The van der Waals surface area contributed by atoms with E-state index < -0.39 is 0 Å². The molecule has 0 bridgehead atoms. The summed E-state index contributed by atoms with van der Waals surface area (Å²) in [6, 6.07) is 7.48. The molecule has 1 atom stereocenters. The Hall–Kier alpha value is -1.53. The van der Waals surface area contributed by atoms with Crippen LogP contribution in [0.4, 0.5) is 0 Å². The summed E-state index contributed by atoms with van der Waals surface area (Å²) in [5, 5.41) is 19.4. The molecule has 96 valence electrons. The third-order valence-corrected chi connectivity index (χ3v) is 3.78. The van der Waals surface area contributed by atoms with Crippen molar-refractivity contribution in [3.05, 3.63) is 29.3 Å². The van der Waals surface area contributed by atoms with Crippen LogP contribution in [0.5, 0.6) is 5.75 Å². The number of hydrogen-bond acceptors (Lipinski definition) is 3. The summed E-state index contributed by atoms with van der Waals surface area (Å²) in [4.78, 5) is 2.18. The molecule has 1 heterocycles. The molecule has 0 amide bonds. The van der Waals surface area contributed by atoms with Crippen molar-refractivity contribution in [2.45, 2.75) is 32.7 Å². The van der Waals surface area contributed by atoms with Gasteiger partial charge in [0, 0.05) is 5.56 Å². The Labute approximate surface area is 109 Å². The van der Waals surface area contributed by atoms with Crippen LogP contribution in [0.3, 0.4) is 0 Å². The van der Waals surface area contributed by atoms with Gasteiger partial charge in [-0.05, 0) is 50.9 Å². The lowest BCUT2D eigenvalue weighted by Gasteiger charge is -2.33. The van der Waals surface area contributed by atoms with Crippen LogP contribution in [0.2, 0.25) is 0 Å². The molecule has 18 heavy (non-hydrogen) atoms. The van der Waals surface area contributed by atoms with Gasteiger partial charge in [0.05, 0.1) is 6.07 Å². The molecule has 1 aliphatic rings. The van der Waals surface area contributed by atoms with Gasteiger partial charge in [0.15, 0.2) is 0 Å². The molecule has 0 radical (unpaired) electrons. The first kappa shape index (κ1) is 12.9. The lowest BCUT2D eigenvalue weighted by molar-refractivity contribution is 0.163. The summed E-state index contributed by atoms with van der Waals surface area (Å²) in [5.41, 5.74) is 1.82. The van der Waals surface area contributed by atoms with Gasteiger partial charge in [-0.15, -0.1) is 0 Å². The zero-order chi connectivity index (χ0) is 13.1. The fourth-order valence-corrected chi connectivity index (χ4v) is 2.53. The van der Waals surface area contributed by atoms with Crippen molar-refractivity contribution in [3.63, 3.8) is 0 Å². The Balaban J connectivity index is 2.23. The number of piperidine rings is 1. The van der Waals surface area contributed by atoms with Gasteiger partial charge in [0.1, 0.15) is 11.8 Å². The van der Waals surface area contributed by atoms with E-state index in [1.165, 1.54) is 0 Å². The van der Waals surface area contributed by atoms with Gasteiger partial charge in [0.2, 0.25) is 0 Å². The largest absolute Gasteiger partial charge is 0.508 e. The van der Waals surface area contributed by atoms with Gasteiger partial charge in [0.25, 0.3) is 0 Å². The summed E-state index contributed by atoms with van der Waals surface area (Å²) in [5.74, 6) is 0.970. The van der Waals surface area contributed by atoms with Crippen LogP contribution in [0, 0.1) is 24.2 Å². The molecular formula is C15H20N2O. The van der Waals surface area contributed by atoms with Crippen LogP contribution >= 0.6 is 0 Å². The van der Waals surface area contributed by atoms with E-state index in [4.69, 9.17) is 0 Å². The smallest absolute Gasteiger partial charge is 0.127 e. The van der Waals surface area contributed by atoms with Crippen molar-refractivity contribution >= 4 is 0 Å². The summed E-state index contributed by atoms with van der Waals surface area (Å²) in [6.45, 7) is 6.11. The van der Waals surface area contributed by atoms with Gasteiger partial charge in [-0.1, -0.05) is 18.6 Å². The van der Waals surface area contributed by atoms with Crippen molar-refractivity contribution in [2.24, 2.45) is 5.92 Å². The van der Waals surface area contributed by atoms with Crippen molar-refractivity contribution in [2.75, 3.05) is 13.1 Å². The molecule has 2 rings (SSSR count). The topological polar surface area (TPSA) is 47.3 Å². The standard InChI is InChI=1S/C15H20N2O/c1-11-5-7-17(8-6-11)14(10-16)13-9-12(2)3-4-15(13)18/h3-4,9,11,14,18H,5-8H2,1-2H3. The highest BCUT2D eigenvalue weighted by molar-refractivity contribution is 5.40. The minimum Gasteiger partial charge on any atom is -0.508 e. The third kappa shape index (κ3) is 2.65. The minimum absolute atomic E-state index is 0.228. The third-order valence-electron chi connectivity index (χ3n) is 3.78. The number of aromatic hydroxyl groups is 1.